The van der Waals surface area contributed by atoms with E-state index >= 15 is 0 Å². The van der Waals surface area contributed by atoms with Gasteiger partial charge in [-0.25, -0.2) is 8.42 Å². The van der Waals surface area contributed by atoms with Crippen LogP contribution in [-0.2, 0) is 14.8 Å². The number of carbonyl (C=O) groups excluding carboxylic acids is 1. The van der Waals surface area contributed by atoms with Crippen molar-refractivity contribution in [3.05, 3.63) is 48.0 Å². The molecule has 0 radical (unpaired) electrons. The van der Waals surface area contributed by atoms with Crippen molar-refractivity contribution in [2.45, 2.75) is 44.0 Å². The molecule has 34 heavy (non-hydrogen) atoms. The maximum atomic E-state index is 13.1. The van der Waals surface area contributed by atoms with Crippen LogP contribution in [0.5, 0.6) is 11.5 Å². The Bertz CT molecular complexity index is 1060. The molecule has 1 saturated heterocycles. The van der Waals surface area contributed by atoms with E-state index in [0.717, 1.165) is 19.3 Å². The zero-order valence-electron chi connectivity index (χ0n) is 20.3. The van der Waals surface area contributed by atoms with Gasteiger partial charge < -0.3 is 20.1 Å². The van der Waals surface area contributed by atoms with E-state index < -0.39 is 16.1 Å². The molecule has 0 aromatic heterocycles. The molecule has 2 aromatic carbocycles. The summed E-state index contributed by atoms with van der Waals surface area (Å²) < 4.78 is 37.9. The lowest BCUT2D eigenvalue weighted by molar-refractivity contribution is -0.122. The molecule has 1 heterocycles. The van der Waals surface area contributed by atoms with E-state index in [1.165, 1.54) is 4.31 Å². The van der Waals surface area contributed by atoms with Gasteiger partial charge in [-0.2, -0.15) is 4.31 Å². The SMILES string of the molecule is COc1ccc(C(Nc2ccc(S(=O)(=O)N3CCCC3)cc2)C(=O)NCCC(C)C)cc1OC. The summed E-state index contributed by atoms with van der Waals surface area (Å²) in [5.74, 6) is 1.38. The first-order valence-corrected chi connectivity index (χ1v) is 13.1. The molecule has 0 spiro atoms. The Kier molecular flexibility index (Phi) is 8.79. The fourth-order valence-electron chi connectivity index (χ4n) is 3.89. The number of benzene rings is 2. The van der Waals surface area contributed by atoms with Crippen LogP contribution in [0, 0.1) is 5.92 Å². The Balaban J connectivity index is 1.84. The van der Waals surface area contributed by atoms with E-state index in [1.807, 2.05) is 6.07 Å². The fourth-order valence-corrected chi connectivity index (χ4v) is 5.40. The molecular weight excluding hydrogens is 454 g/mol. The third-order valence-corrected chi connectivity index (χ3v) is 7.81. The monoisotopic (exact) mass is 489 g/mol. The van der Waals surface area contributed by atoms with Crippen LogP contribution in [0.1, 0.15) is 44.7 Å². The van der Waals surface area contributed by atoms with E-state index in [4.69, 9.17) is 9.47 Å². The molecule has 1 unspecified atom stereocenters. The molecule has 3 rings (SSSR count). The molecule has 1 aliphatic rings. The lowest BCUT2D eigenvalue weighted by Crippen LogP contribution is -2.34. The first-order valence-electron chi connectivity index (χ1n) is 11.6. The van der Waals surface area contributed by atoms with Crippen LogP contribution in [0.4, 0.5) is 5.69 Å². The van der Waals surface area contributed by atoms with Crippen LogP contribution < -0.4 is 20.1 Å². The number of hydrogen-bond acceptors (Lipinski definition) is 6. The lowest BCUT2D eigenvalue weighted by atomic mass is 10.0. The molecule has 1 amide bonds. The normalized spacial score (nSPS) is 15.2. The molecule has 2 N–H and O–H groups in total. The number of rotatable bonds is 11. The van der Waals surface area contributed by atoms with Crippen molar-refractivity contribution in [1.29, 1.82) is 0 Å². The van der Waals surface area contributed by atoms with Crippen LogP contribution in [0.25, 0.3) is 0 Å². The van der Waals surface area contributed by atoms with Crippen molar-refractivity contribution in [1.82, 2.24) is 9.62 Å². The Morgan fingerprint density at radius 3 is 2.24 bits per heavy atom. The molecular formula is C25H35N3O5S. The highest BCUT2D eigenvalue weighted by atomic mass is 32.2. The first kappa shape index (κ1) is 25.8. The summed E-state index contributed by atoms with van der Waals surface area (Å²) in [5, 5.41) is 6.25. The van der Waals surface area contributed by atoms with E-state index in [-0.39, 0.29) is 10.8 Å². The summed E-state index contributed by atoms with van der Waals surface area (Å²) in [6.45, 7) is 5.89. The number of nitrogens with zero attached hydrogens (tertiary/aromatic N) is 1. The van der Waals surface area contributed by atoms with Crippen molar-refractivity contribution in [3.63, 3.8) is 0 Å². The number of sulfonamides is 1. The average Bonchev–Trinajstić information content (AvgIpc) is 3.38. The number of hydrogen-bond donors (Lipinski definition) is 2. The zero-order chi connectivity index (χ0) is 24.7. The van der Waals surface area contributed by atoms with E-state index in [2.05, 4.69) is 24.5 Å². The standard InChI is InChI=1S/C25H35N3O5S/c1-18(2)13-14-26-25(29)24(19-7-12-22(32-3)23(17-19)33-4)27-20-8-10-21(11-9-20)34(30,31)28-15-5-6-16-28/h7-12,17-18,24,27H,5-6,13-16H2,1-4H3,(H,26,29). The predicted molar refractivity (Wildman–Crippen MR) is 133 cm³/mol. The van der Waals surface area contributed by atoms with Gasteiger partial charge in [-0.1, -0.05) is 19.9 Å². The number of carbonyl (C=O) groups is 1. The minimum Gasteiger partial charge on any atom is -0.493 e. The van der Waals surface area contributed by atoms with Gasteiger partial charge in [-0.3, -0.25) is 4.79 Å². The second-order valence-corrected chi connectivity index (χ2v) is 10.7. The maximum Gasteiger partial charge on any atom is 0.247 e. The zero-order valence-corrected chi connectivity index (χ0v) is 21.2. The molecule has 186 valence electrons. The summed E-state index contributed by atoms with van der Waals surface area (Å²) in [6, 6.07) is 11.2. The van der Waals surface area contributed by atoms with Crippen molar-refractivity contribution in [3.8, 4) is 11.5 Å². The van der Waals surface area contributed by atoms with Gasteiger partial charge in [0.1, 0.15) is 6.04 Å². The van der Waals surface area contributed by atoms with Gasteiger partial charge in [-0.15, -0.1) is 0 Å². The Labute approximate surface area is 202 Å². The van der Waals surface area contributed by atoms with Crippen LogP contribution in [0.3, 0.4) is 0 Å². The Morgan fingerprint density at radius 2 is 1.65 bits per heavy atom. The second kappa shape index (κ2) is 11.6. The minimum atomic E-state index is -3.49. The largest absolute Gasteiger partial charge is 0.493 e. The van der Waals surface area contributed by atoms with Crippen molar-refractivity contribution >= 4 is 21.6 Å². The summed E-state index contributed by atoms with van der Waals surface area (Å²) in [4.78, 5) is 13.4. The first-order chi connectivity index (χ1) is 16.3. The topological polar surface area (TPSA) is 97.0 Å². The third-order valence-electron chi connectivity index (χ3n) is 5.89. The quantitative estimate of drug-likeness (QED) is 0.498. The van der Waals surface area contributed by atoms with Crippen LogP contribution >= 0.6 is 0 Å². The van der Waals surface area contributed by atoms with Crippen LogP contribution in [0.2, 0.25) is 0 Å². The molecule has 1 fully saturated rings. The van der Waals surface area contributed by atoms with Gasteiger partial charge in [0.2, 0.25) is 15.9 Å². The molecule has 1 aliphatic heterocycles. The molecule has 0 saturated carbocycles. The molecule has 1 atom stereocenters. The summed E-state index contributed by atoms with van der Waals surface area (Å²) >= 11 is 0. The number of nitrogens with one attached hydrogen (secondary N) is 2. The van der Waals surface area contributed by atoms with Gasteiger partial charge in [0, 0.05) is 25.3 Å². The van der Waals surface area contributed by atoms with Gasteiger partial charge in [0.15, 0.2) is 11.5 Å². The van der Waals surface area contributed by atoms with Gasteiger partial charge >= 0.3 is 0 Å². The lowest BCUT2D eigenvalue weighted by Gasteiger charge is -2.22. The second-order valence-electron chi connectivity index (χ2n) is 8.80. The van der Waals surface area contributed by atoms with Crippen molar-refractivity contribution in [2.75, 3.05) is 39.2 Å². The Morgan fingerprint density at radius 1 is 1.00 bits per heavy atom. The average molecular weight is 490 g/mol. The summed E-state index contributed by atoms with van der Waals surface area (Å²) in [5.41, 5.74) is 1.34. The van der Waals surface area contributed by atoms with Gasteiger partial charge in [0.05, 0.1) is 19.1 Å². The van der Waals surface area contributed by atoms with Crippen molar-refractivity contribution < 1.29 is 22.7 Å². The maximum absolute atomic E-state index is 13.1. The number of amides is 1. The van der Waals surface area contributed by atoms with E-state index in [1.54, 1.807) is 50.6 Å². The van der Waals surface area contributed by atoms with Crippen molar-refractivity contribution in [2.24, 2.45) is 5.92 Å². The third kappa shape index (κ3) is 6.21. The highest BCUT2D eigenvalue weighted by Crippen LogP contribution is 2.32. The van der Waals surface area contributed by atoms with E-state index in [9.17, 15) is 13.2 Å². The summed E-state index contributed by atoms with van der Waals surface area (Å²) in [6.07, 6.45) is 2.64. The van der Waals surface area contributed by atoms with E-state index in [0.29, 0.717) is 48.3 Å². The number of methoxy groups -OCH3 is 2. The van der Waals surface area contributed by atoms with Crippen LogP contribution in [-0.4, -0.2) is 52.5 Å². The van der Waals surface area contributed by atoms with Gasteiger partial charge in [0.25, 0.3) is 0 Å². The molecule has 8 nitrogen and oxygen atoms in total. The summed E-state index contributed by atoms with van der Waals surface area (Å²) in [7, 11) is -0.386. The Hall–Kier alpha value is -2.78. The number of anilines is 1. The molecule has 0 aliphatic carbocycles. The molecule has 0 bridgehead atoms. The minimum absolute atomic E-state index is 0.179. The molecule has 9 heteroatoms. The highest BCUT2D eigenvalue weighted by Gasteiger charge is 2.27. The smallest absolute Gasteiger partial charge is 0.247 e. The van der Waals surface area contributed by atoms with Crippen LogP contribution in [0.15, 0.2) is 47.4 Å². The van der Waals surface area contributed by atoms with Gasteiger partial charge in [-0.05, 0) is 67.1 Å². The highest BCUT2D eigenvalue weighted by molar-refractivity contribution is 7.89. The molecule has 2 aromatic rings. The number of ether oxygens (including phenoxy) is 2. The fraction of sp³-hybridized carbons (Fsp3) is 0.480. The predicted octanol–water partition coefficient (Wildman–Crippen LogP) is 3.80.